The predicted molar refractivity (Wildman–Crippen MR) is 47.7 cm³/mol. The van der Waals surface area contributed by atoms with Gasteiger partial charge in [0, 0.05) is 4.91 Å². The summed E-state index contributed by atoms with van der Waals surface area (Å²) < 4.78 is 15.8. The van der Waals surface area contributed by atoms with Crippen LogP contribution in [0, 0.1) is 0 Å². The molecular formula is C8H11N3O4. The Hall–Kier alpha value is -1.30. The zero-order valence-electron chi connectivity index (χ0n) is 8.41. The molecular weight excluding hydrogens is 202 g/mol. The summed E-state index contributed by atoms with van der Waals surface area (Å²) in [6.45, 7) is 3.52. The number of hydrogen-bond acceptors (Lipinski definition) is 5. The van der Waals surface area contributed by atoms with Gasteiger partial charge in [-0.3, -0.25) is 0 Å². The Morgan fingerprint density at radius 3 is 2.93 bits per heavy atom. The van der Waals surface area contributed by atoms with Crippen molar-refractivity contribution in [3.05, 3.63) is 10.4 Å². The van der Waals surface area contributed by atoms with Crippen LogP contribution >= 0.6 is 0 Å². The van der Waals surface area contributed by atoms with Gasteiger partial charge in [0.2, 0.25) is 0 Å². The summed E-state index contributed by atoms with van der Waals surface area (Å²) in [6, 6.07) is 0. The SMILES string of the molecule is CC1(C)OC2C(=O)OC(CN=[N+]=[N-])[C@H]2O1. The Bertz CT molecular complexity index is 335. The predicted octanol–water partition coefficient (Wildman–Crippen LogP) is 0.742. The Morgan fingerprint density at radius 1 is 1.53 bits per heavy atom. The van der Waals surface area contributed by atoms with E-state index in [1.165, 1.54) is 0 Å². The quantitative estimate of drug-likeness (QED) is 0.292. The van der Waals surface area contributed by atoms with E-state index >= 15 is 0 Å². The molecule has 0 radical (unpaired) electrons. The fourth-order valence-corrected chi connectivity index (χ4v) is 1.78. The van der Waals surface area contributed by atoms with Crippen LogP contribution < -0.4 is 0 Å². The molecule has 2 aliphatic heterocycles. The highest BCUT2D eigenvalue weighted by molar-refractivity contribution is 5.78. The van der Waals surface area contributed by atoms with Crippen LogP contribution in [0.15, 0.2) is 5.11 Å². The van der Waals surface area contributed by atoms with Crippen molar-refractivity contribution < 1.29 is 19.0 Å². The van der Waals surface area contributed by atoms with Crippen molar-refractivity contribution in [2.45, 2.75) is 37.9 Å². The van der Waals surface area contributed by atoms with Crippen molar-refractivity contribution in [3.8, 4) is 0 Å². The van der Waals surface area contributed by atoms with Gasteiger partial charge < -0.3 is 14.2 Å². The van der Waals surface area contributed by atoms with Crippen LogP contribution in [0.4, 0.5) is 0 Å². The first-order chi connectivity index (χ1) is 7.03. The summed E-state index contributed by atoms with van der Waals surface area (Å²) in [5.41, 5.74) is 8.18. The van der Waals surface area contributed by atoms with E-state index in [0.717, 1.165) is 0 Å². The maximum absolute atomic E-state index is 11.4. The minimum Gasteiger partial charge on any atom is -0.457 e. The summed E-state index contributed by atoms with van der Waals surface area (Å²) in [5, 5.41) is 3.36. The molecule has 0 bridgehead atoms. The number of fused-ring (bicyclic) bond motifs is 1. The van der Waals surface area contributed by atoms with E-state index in [2.05, 4.69) is 10.0 Å². The van der Waals surface area contributed by atoms with Crippen LogP contribution in [0.2, 0.25) is 0 Å². The Kier molecular flexibility index (Phi) is 2.30. The van der Waals surface area contributed by atoms with Crippen LogP contribution in [0.3, 0.4) is 0 Å². The molecule has 2 saturated heterocycles. The standard InChI is InChI=1S/C8H11N3O4/c1-8(2)14-5-4(3-10-11-9)13-7(12)6(5)15-8/h4-6H,3H2,1-2H3/t4?,5-,6?/m1/s1. The van der Waals surface area contributed by atoms with Gasteiger partial charge in [-0.2, -0.15) is 0 Å². The Labute approximate surface area is 85.9 Å². The van der Waals surface area contributed by atoms with Gasteiger partial charge >= 0.3 is 5.97 Å². The third kappa shape index (κ3) is 1.77. The number of ether oxygens (including phenoxy) is 3. The second-order valence-electron chi connectivity index (χ2n) is 3.91. The second-order valence-corrected chi connectivity index (χ2v) is 3.91. The fraction of sp³-hybridized carbons (Fsp3) is 0.875. The molecule has 82 valence electrons. The van der Waals surface area contributed by atoms with E-state index in [-0.39, 0.29) is 6.54 Å². The molecule has 0 saturated carbocycles. The molecule has 0 aromatic carbocycles. The number of azide groups is 1. The lowest BCUT2D eigenvalue weighted by Crippen LogP contribution is -2.31. The number of cyclic esters (lactones) is 1. The highest BCUT2D eigenvalue weighted by Gasteiger charge is 2.55. The minimum atomic E-state index is -0.788. The second kappa shape index (κ2) is 3.37. The van der Waals surface area contributed by atoms with Gasteiger partial charge in [0.1, 0.15) is 12.2 Å². The summed E-state index contributed by atoms with van der Waals surface area (Å²) in [5.74, 6) is -1.24. The van der Waals surface area contributed by atoms with E-state index in [4.69, 9.17) is 19.7 Å². The molecule has 2 fully saturated rings. The first-order valence-electron chi connectivity index (χ1n) is 4.60. The van der Waals surface area contributed by atoms with Gasteiger partial charge in [0.15, 0.2) is 11.9 Å². The maximum Gasteiger partial charge on any atom is 0.338 e. The molecule has 0 aliphatic carbocycles. The van der Waals surface area contributed by atoms with Crippen LogP contribution in [0.1, 0.15) is 13.8 Å². The number of carbonyl (C=O) groups excluding carboxylic acids is 1. The Balaban J connectivity index is 2.12. The van der Waals surface area contributed by atoms with Crippen molar-refractivity contribution in [2.75, 3.05) is 6.54 Å². The zero-order valence-corrected chi connectivity index (χ0v) is 8.41. The molecule has 2 rings (SSSR count). The molecule has 2 unspecified atom stereocenters. The van der Waals surface area contributed by atoms with E-state index in [9.17, 15) is 4.79 Å². The molecule has 2 heterocycles. The third-order valence-electron chi connectivity index (χ3n) is 2.32. The van der Waals surface area contributed by atoms with Crippen molar-refractivity contribution in [1.29, 1.82) is 0 Å². The molecule has 0 N–H and O–H groups in total. The van der Waals surface area contributed by atoms with Crippen LogP contribution in [0.5, 0.6) is 0 Å². The maximum atomic E-state index is 11.4. The van der Waals surface area contributed by atoms with Gasteiger partial charge in [0.05, 0.1) is 6.54 Å². The summed E-state index contributed by atoms with van der Waals surface area (Å²) >= 11 is 0. The molecule has 0 spiro atoms. The van der Waals surface area contributed by atoms with E-state index in [1.807, 2.05) is 0 Å². The summed E-state index contributed by atoms with van der Waals surface area (Å²) in [4.78, 5) is 14.0. The minimum absolute atomic E-state index is 0.0723. The first-order valence-corrected chi connectivity index (χ1v) is 4.60. The molecule has 2 aliphatic rings. The van der Waals surface area contributed by atoms with Gasteiger partial charge in [-0.25, -0.2) is 4.79 Å². The number of nitrogens with zero attached hydrogens (tertiary/aromatic N) is 3. The molecule has 3 atom stereocenters. The van der Waals surface area contributed by atoms with Crippen LogP contribution in [0.25, 0.3) is 10.4 Å². The average Bonchev–Trinajstić information content (AvgIpc) is 2.60. The molecule has 0 aromatic rings. The largest absolute Gasteiger partial charge is 0.457 e. The normalized spacial score (nSPS) is 36.9. The van der Waals surface area contributed by atoms with Crippen LogP contribution in [-0.4, -0.2) is 36.6 Å². The third-order valence-corrected chi connectivity index (χ3v) is 2.32. The van der Waals surface area contributed by atoms with E-state index < -0.39 is 30.1 Å². The smallest absolute Gasteiger partial charge is 0.338 e. The van der Waals surface area contributed by atoms with Gasteiger partial charge in [-0.05, 0) is 19.4 Å². The molecule has 0 aromatic heterocycles. The fourth-order valence-electron chi connectivity index (χ4n) is 1.78. The van der Waals surface area contributed by atoms with Gasteiger partial charge in [-0.1, -0.05) is 5.11 Å². The lowest BCUT2D eigenvalue weighted by Gasteiger charge is -2.20. The highest BCUT2D eigenvalue weighted by atomic mass is 16.8. The van der Waals surface area contributed by atoms with E-state index in [1.54, 1.807) is 13.8 Å². The number of hydrogen-bond donors (Lipinski definition) is 0. The first kappa shape index (κ1) is 10.2. The van der Waals surface area contributed by atoms with Crippen molar-refractivity contribution in [2.24, 2.45) is 5.11 Å². The van der Waals surface area contributed by atoms with Crippen molar-refractivity contribution in [1.82, 2.24) is 0 Å². The highest BCUT2D eigenvalue weighted by Crippen LogP contribution is 2.35. The molecule has 15 heavy (non-hydrogen) atoms. The van der Waals surface area contributed by atoms with Crippen LogP contribution in [-0.2, 0) is 19.0 Å². The van der Waals surface area contributed by atoms with Gasteiger partial charge in [-0.15, -0.1) is 0 Å². The van der Waals surface area contributed by atoms with Crippen molar-refractivity contribution in [3.63, 3.8) is 0 Å². The topological polar surface area (TPSA) is 93.5 Å². The number of rotatable bonds is 2. The molecule has 0 amide bonds. The number of esters is 1. The lowest BCUT2D eigenvalue weighted by molar-refractivity contribution is -0.185. The number of carbonyl (C=O) groups is 1. The summed E-state index contributed by atoms with van der Waals surface area (Å²) in [6.07, 6.45) is -1.71. The van der Waals surface area contributed by atoms with E-state index in [0.29, 0.717) is 0 Å². The molecule has 7 nitrogen and oxygen atoms in total. The Morgan fingerprint density at radius 2 is 2.27 bits per heavy atom. The monoisotopic (exact) mass is 213 g/mol. The lowest BCUT2D eigenvalue weighted by atomic mass is 10.1. The van der Waals surface area contributed by atoms with Crippen molar-refractivity contribution >= 4 is 5.97 Å². The zero-order chi connectivity index (χ0) is 11.1. The van der Waals surface area contributed by atoms with Gasteiger partial charge in [0.25, 0.3) is 0 Å². The average molecular weight is 213 g/mol. The summed E-state index contributed by atoms with van der Waals surface area (Å²) in [7, 11) is 0. The molecule has 7 heteroatoms.